The van der Waals surface area contributed by atoms with E-state index in [4.69, 9.17) is 16.9 Å². The third kappa shape index (κ3) is 7.83. The van der Waals surface area contributed by atoms with Gasteiger partial charge in [0.05, 0.1) is 5.75 Å². The van der Waals surface area contributed by atoms with Crippen molar-refractivity contribution in [3.05, 3.63) is 35.9 Å². The normalized spacial score (nSPS) is 15.1. The number of nitrogens with one attached hydrogen (secondary N) is 1. The molecule has 0 aromatic heterocycles. The Bertz CT molecular complexity index is 749. The number of benzene rings is 1. The summed E-state index contributed by atoms with van der Waals surface area (Å²) in [5, 5.41) is 0. The average Bonchev–Trinajstić information content (AvgIpc) is 2.52. The van der Waals surface area contributed by atoms with Crippen molar-refractivity contribution in [3.8, 4) is 12.3 Å². The van der Waals surface area contributed by atoms with Crippen molar-refractivity contribution in [2.45, 2.75) is 38.8 Å². The summed E-state index contributed by atoms with van der Waals surface area (Å²) in [5.41, 5.74) is 6.62. The lowest BCUT2D eigenvalue weighted by atomic mass is 10.1. The molecular weight excluding hydrogens is 342 g/mol. The molecule has 7 nitrogen and oxygen atoms in total. The fourth-order valence-electron chi connectivity index (χ4n) is 2.05. The van der Waals surface area contributed by atoms with Crippen LogP contribution in [0, 0.1) is 12.3 Å². The Morgan fingerprint density at radius 1 is 1.40 bits per heavy atom. The minimum absolute atomic E-state index is 0.191. The van der Waals surface area contributed by atoms with Gasteiger partial charge in [0, 0.05) is 19.4 Å². The number of rotatable bonds is 7. The molecule has 1 unspecified atom stereocenters. The van der Waals surface area contributed by atoms with E-state index in [1.165, 1.54) is 6.92 Å². The van der Waals surface area contributed by atoms with Crippen molar-refractivity contribution in [2.24, 2.45) is 10.1 Å². The third-order valence-electron chi connectivity index (χ3n) is 3.17. The third-order valence-corrected chi connectivity index (χ3v) is 5.10. The Hall–Kier alpha value is -2.37. The Labute approximate surface area is 148 Å². The second-order valence-corrected chi connectivity index (χ2v) is 7.50. The molecular formula is C17H23N3O4S. The van der Waals surface area contributed by atoms with Crippen LogP contribution >= 0.6 is 0 Å². The Morgan fingerprint density at radius 3 is 2.60 bits per heavy atom. The molecule has 8 heteroatoms. The Kier molecular flexibility index (Phi) is 8.11. The maximum atomic E-state index is 12.8. The molecule has 1 aromatic rings. The van der Waals surface area contributed by atoms with E-state index in [1.54, 1.807) is 19.1 Å². The minimum atomic E-state index is -3.39. The first-order valence-corrected chi connectivity index (χ1v) is 9.42. The quantitative estimate of drug-likeness (QED) is 0.719. The zero-order valence-electron chi connectivity index (χ0n) is 14.3. The van der Waals surface area contributed by atoms with Crippen molar-refractivity contribution < 1.29 is 18.5 Å². The number of amides is 2. The molecule has 1 rings (SSSR count). The van der Waals surface area contributed by atoms with Crippen LogP contribution in [0.15, 0.2) is 34.7 Å². The summed E-state index contributed by atoms with van der Waals surface area (Å²) in [6.45, 7) is 2.85. The van der Waals surface area contributed by atoms with Gasteiger partial charge in [0.25, 0.3) is 0 Å². The van der Waals surface area contributed by atoms with Gasteiger partial charge >= 0.3 is 6.09 Å². The van der Waals surface area contributed by atoms with Gasteiger partial charge in [-0.1, -0.05) is 30.3 Å². The molecule has 3 N–H and O–H groups in total. The van der Waals surface area contributed by atoms with Crippen LogP contribution in [0.25, 0.3) is 0 Å². The zero-order chi connectivity index (χ0) is 18.9. The van der Waals surface area contributed by atoms with Crippen LogP contribution in [-0.2, 0) is 19.4 Å². The van der Waals surface area contributed by atoms with Crippen LogP contribution in [-0.4, -0.2) is 28.0 Å². The summed E-state index contributed by atoms with van der Waals surface area (Å²) in [5.74, 6) is 1.65. The van der Waals surface area contributed by atoms with Gasteiger partial charge < -0.3 is 10.5 Å². The minimum Gasteiger partial charge on any atom is -0.440 e. The molecule has 136 valence electrons. The molecule has 0 heterocycles. The second-order valence-electron chi connectivity index (χ2n) is 5.50. The van der Waals surface area contributed by atoms with Crippen LogP contribution in [0.1, 0.15) is 38.4 Å². The van der Waals surface area contributed by atoms with Crippen LogP contribution < -0.4 is 10.5 Å². The number of nitrogens with two attached hydrogens (primary N) is 1. The van der Waals surface area contributed by atoms with E-state index in [0.717, 1.165) is 5.56 Å². The van der Waals surface area contributed by atoms with E-state index >= 15 is 0 Å². The largest absolute Gasteiger partial charge is 0.443 e. The van der Waals surface area contributed by atoms with Gasteiger partial charge in [-0.3, -0.25) is 9.52 Å². The molecule has 3 atom stereocenters. The SMILES string of the molecule is C#CCC[C@H](N)CS(=O)(=NC(=O)O[C@@H](C)c1ccccc1)NC(C)=O. The fourth-order valence-corrected chi connectivity index (χ4v) is 3.74. The topological polar surface area (TPSA) is 111 Å². The molecule has 0 aliphatic rings. The summed E-state index contributed by atoms with van der Waals surface area (Å²) in [4.78, 5) is 23.3. The van der Waals surface area contributed by atoms with E-state index in [0.29, 0.717) is 12.8 Å². The highest BCUT2D eigenvalue weighted by molar-refractivity contribution is 7.92. The molecule has 0 saturated carbocycles. The standard InChI is InChI=1S/C17H23N3O4S/c1-4-5-11-16(18)12-25(23,19-14(3)21)20-17(22)24-13(2)15-9-7-6-8-10-15/h1,6-10,13,16H,5,11-12,18H2,2-3H3,(H,19,20,21,22,23)/t13-,16-,25?/m0/s1. The number of hydrogen-bond acceptors (Lipinski definition) is 5. The highest BCUT2D eigenvalue weighted by Crippen LogP contribution is 2.17. The average molecular weight is 365 g/mol. The monoisotopic (exact) mass is 365 g/mol. The molecule has 0 aliphatic carbocycles. The number of ether oxygens (including phenoxy) is 1. The van der Waals surface area contributed by atoms with E-state index < -0.39 is 34.1 Å². The van der Waals surface area contributed by atoms with Crippen LogP contribution in [0.3, 0.4) is 0 Å². The number of terminal acetylenes is 1. The molecule has 2 amide bonds. The predicted octanol–water partition coefficient (Wildman–Crippen LogP) is 2.14. The maximum Gasteiger partial charge on any atom is 0.443 e. The number of carbonyl (C=O) groups excluding carboxylic acids is 2. The van der Waals surface area contributed by atoms with E-state index in [9.17, 15) is 13.8 Å². The molecule has 0 spiro atoms. The van der Waals surface area contributed by atoms with Crippen molar-refractivity contribution in [1.82, 2.24) is 4.72 Å². The molecule has 0 bridgehead atoms. The maximum absolute atomic E-state index is 12.8. The highest BCUT2D eigenvalue weighted by atomic mass is 32.2. The first-order valence-electron chi connectivity index (χ1n) is 7.73. The number of carbonyl (C=O) groups is 2. The van der Waals surface area contributed by atoms with Crippen LogP contribution in [0.5, 0.6) is 0 Å². The molecule has 25 heavy (non-hydrogen) atoms. The van der Waals surface area contributed by atoms with E-state index in [2.05, 4.69) is 15.0 Å². The Morgan fingerprint density at radius 2 is 2.04 bits per heavy atom. The smallest absolute Gasteiger partial charge is 0.440 e. The van der Waals surface area contributed by atoms with Crippen molar-refractivity contribution in [2.75, 3.05) is 5.75 Å². The molecule has 0 saturated heterocycles. The number of hydrogen-bond donors (Lipinski definition) is 2. The first kappa shape index (κ1) is 20.7. The second kappa shape index (κ2) is 9.81. The van der Waals surface area contributed by atoms with Gasteiger partial charge in [-0.15, -0.1) is 16.7 Å². The Balaban J connectivity index is 2.89. The summed E-state index contributed by atoms with van der Waals surface area (Å²) >= 11 is 0. The van der Waals surface area contributed by atoms with Gasteiger partial charge in [0.15, 0.2) is 0 Å². The van der Waals surface area contributed by atoms with Crippen LogP contribution in [0.4, 0.5) is 4.79 Å². The van der Waals surface area contributed by atoms with Crippen molar-refractivity contribution in [3.63, 3.8) is 0 Å². The first-order chi connectivity index (χ1) is 11.8. The highest BCUT2D eigenvalue weighted by Gasteiger charge is 2.20. The summed E-state index contributed by atoms with van der Waals surface area (Å²) in [6, 6.07) is 8.46. The zero-order valence-corrected chi connectivity index (χ0v) is 15.1. The van der Waals surface area contributed by atoms with Gasteiger partial charge in [-0.05, 0) is 18.9 Å². The van der Waals surface area contributed by atoms with Crippen LogP contribution in [0.2, 0.25) is 0 Å². The van der Waals surface area contributed by atoms with Gasteiger partial charge in [0.2, 0.25) is 5.91 Å². The van der Waals surface area contributed by atoms with Gasteiger partial charge in [-0.2, -0.15) is 0 Å². The van der Waals surface area contributed by atoms with E-state index in [1.807, 2.05) is 18.2 Å². The lowest BCUT2D eigenvalue weighted by molar-refractivity contribution is -0.117. The predicted molar refractivity (Wildman–Crippen MR) is 96.6 cm³/mol. The summed E-state index contributed by atoms with van der Waals surface area (Å²) in [6.07, 6.45) is 4.36. The van der Waals surface area contributed by atoms with E-state index in [-0.39, 0.29) is 5.75 Å². The summed E-state index contributed by atoms with van der Waals surface area (Å²) < 4.78 is 23.7. The lowest BCUT2D eigenvalue weighted by Crippen LogP contribution is -2.39. The molecule has 0 radical (unpaired) electrons. The van der Waals surface area contributed by atoms with Crippen molar-refractivity contribution in [1.29, 1.82) is 0 Å². The molecule has 1 aromatic carbocycles. The van der Waals surface area contributed by atoms with Gasteiger partial charge in [0.1, 0.15) is 16.0 Å². The summed E-state index contributed by atoms with van der Waals surface area (Å²) in [7, 11) is -3.39. The van der Waals surface area contributed by atoms with Gasteiger partial charge in [-0.25, -0.2) is 9.00 Å². The molecule has 0 aliphatic heterocycles. The molecule has 0 fully saturated rings. The number of nitrogens with zero attached hydrogens (tertiary/aromatic N) is 1. The van der Waals surface area contributed by atoms with Crippen molar-refractivity contribution >= 4 is 21.9 Å². The fraction of sp³-hybridized carbons (Fsp3) is 0.412. The lowest BCUT2D eigenvalue weighted by Gasteiger charge is -2.16.